The van der Waals surface area contributed by atoms with E-state index in [-0.39, 0.29) is 23.4 Å². The first-order chi connectivity index (χ1) is 16.4. The van der Waals surface area contributed by atoms with Crippen LogP contribution in [0, 0.1) is 12.8 Å². The Labute approximate surface area is 197 Å². The molecule has 2 atom stereocenters. The van der Waals surface area contributed by atoms with Crippen molar-refractivity contribution in [2.75, 3.05) is 20.3 Å². The minimum Gasteiger partial charge on any atom is -0.496 e. The summed E-state index contributed by atoms with van der Waals surface area (Å²) in [6.07, 6.45) is 6.06. The van der Waals surface area contributed by atoms with Crippen molar-refractivity contribution in [3.05, 3.63) is 63.2 Å². The van der Waals surface area contributed by atoms with Gasteiger partial charge in [0, 0.05) is 54.0 Å². The van der Waals surface area contributed by atoms with Crippen molar-refractivity contribution in [2.45, 2.75) is 51.3 Å². The molecule has 2 aromatic heterocycles. The summed E-state index contributed by atoms with van der Waals surface area (Å²) in [4.78, 5) is 32.4. The fourth-order valence-corrected chi connectivity index (χ4v) is 5.06. The number of rotatable bonds is 8. The minimum atomic E-state index is -1.14. The summed E-state index contributed by atoms with van der Waals surface area (Å²) in [5, 5.41) is 10.4. The molecule has 1 saturated carbocycles. The molecule has 0 amide bonds. The average Bonchev–Trinajstić information content (AvgIpc) is 3.52. The highest BCUT2D eigenvalue weighted by Crippen LogP contribution is 2.38. The van der Waals surface area contributed by atoms with Gasteiger partial charge in [0.15, 0.2) is 0 Å². The van der Waals surface area contributed by atoms with Crippen LogP contribution in [0.3, 0.4) is 0 Å². The number of piperidine rings is 1. The number of carboxylic acids is 1. The van der Waals surface area contributed by atoms with E-state index >= 15 is 0 Å². The van der Waals surface area contributed by atoms with Crippen molar-refractivity contribution < 1.29 is 19.4 Å². The highest BCUT2D eigenvalue weighted by Gasteiger charge is 2.34. The van der Waals surface area contributed by atoms with E-state index in [4.69, 9.17) is 9.47 Å². The van der Waals surface area contributed by atoms with Gasteiger partial charge >= 0.3 is 5.97 Å². The molecule has 0 spiro atoms. The van der Waals surface area contributed by atoms with Crippen LogP contribution in [0.4, 0.5) is 0 Å². The van der Waals surface area contributed by atoms with Crippen LogP contribution in [-0.4, -0.2) is 52.3 Å². The van der Waals surface area contributed by atoms with Crippen molar-refractivity contribution in [1.82, 2.24) is 14.9 Å². The molecule has 1 aliphatic heterocycles. The SMILES string of the molecule is COc1cc(C)c2[nH]ccc2c1CN1CC[C@H](OCC2CC2)C[C@H]1c1ccc(C(=O)O)[nH]c1=O. The smallest absolute Gasteiger partial charge is 0.352 e. The van der Waals surface area contributed by atoms with E-state index < -0.39 is 5.97 Å². The highest BCUT2D eigenvalue weighted by atomic mass is 16.5. The number of aromatic amines is 2. The van der Waals surface area contributed by atoms with E-state index in [1.165, 1.54) is 18.9 Å². The maximum atomic E-state index is 12.9. The lowest BCUT2D eigenvalue weighted by Gasteiger charge is -2.39. The van der Waals surface area contributed by atoms with Crippen LogP contribution in [0.5, 0.6) is 5.75 Å². The van der Waals surface area contributed by atoms with Crippen LogP contribution >= 0.6 is 0 Å². The number of carbonyl (C=O) groups is 1. The normalized spacial score (nSPS) is 21.1. The number of hydrogen-bond acceptors (Lipinski definition) is 5. The Hall–Kier alpha value is -3.10. The number of methoxy groups -OCH3 is 1. The minimum absolute atomic E-state index is 0.0765. The summed E-state index contributed by atoms with van der Waals surface area (Å²) in [7, 11) is 1.68. The molecule has 1 aliphatic carbocycles. The Balaban J connectivity index is 1.48. The molecule has 1 saturated heterocycles. The number of pyridine rings is 1. The number of fused-ring (bicyclic) bond motifs is 1. The molecule has 3 heterocycles. The topological polar surface area (TPSA) is 108 Å². The van der Waals surface area contributed by atoms with Gasteiger partial charge in [0.05, 0.1) is 13.2 Å². The molecule has 8 heteroatoms. The van der Waals surface area contributed by atoms with E-state index in [1.807, 2.05) is 12.3 Å². The summed E-state index contributed by atoms with van der Waals surface area (Å²) < 4.78 is 12.0. The summed E-state index contributed by atoms with van der Waals surface area (Å²) in [6.45, 7) is 4.21. The molecule has 2 fully saturated rings. The lowest BCUT2D eigenvalue weighted by atomic mass is 9.92. The fraction of sp³-hybridized carbons (Fsp3) is 0.462. The number of aromatic nitrogens is 2. The standard InChI is InChI=1S/C26H31N3O5/c1-15-11-23(33-2)20(18-7-9-27-24(15)18)13-29-10-8-17(34-14-16-3-4-16)12-22(29)19-5-6-21(26(31)32)28-25(19)30/h5-7,9,11,16-17,22,27H,3-4,8,10,12-14H2,1-2H3,(H,28,30)(H,31,32)/t17-,22-/m0/s1. The average molecular weight is 466 g/mol. The molecule has 0 unspecified atom stereocenters. The Bertz CT molecular complexity index is 1260. The van der Waals surface area contributed by atoms with Crippen LogP contribution in [0.1, 0.15) is 58.9 Å². The zero-order valence-electron chi connectivity index (χ0n) is 19.6. The number of hydrogen-bond donors (Lipinski definition) is 3. The van der Waals surface area contributed by atoms with Crippen LogP contribution in [0.25, 0.3) is 10.9 Å². The second kappa shape index (κ2) is 9.27. The summed E-state index contributed by atoms with van der Waals surface area (Å²) in [5.74, 6) is 0.355. The Kier molecular flexibility index (Phi) is 6.18. The second-order valence-corrected chi connectivity index (χ2v) is 9.51. The van der Waals surface area contributed by atoms with Gasteiger partial charge in [-0.25, -0.2) is 4.79 Å². The first-order valence-corrected chi connectivity index (χ1v) is 11.9. The summed E-state index contributed by atoms with van der Waals surface area (Å²) in [6, 6.07) is 7.05. The van der Waals surface area contributed by atoms with Gasteiger partial charge in [0.1, 0.15) is 11.4 Å². The third-order valence-corrected chi connectivity index (χ3v) is 7.15. The molecule has 8 nitrogen and oxygen atoms in total. The predicted octanol–water partition coefficient (Wildman–Crippen LogP) is 4.00. The summed E-state index contributed by atoms with van der Waals surface area (Å²) >= 11 is 0. The van der Waals surface area contributed by atoms with Gasteiger partial charge in [-0.1, -0.05) is 0 Å². The number of nitrogens with zero attached hydrogens (tertiary/aromatic N) is 1. The zero-order valence-corrected chi connectivity index (χ0v) is 19.6. The quantitative estimate of drug-likeness (QED) is 0.464. The number of H-pyrrole nitrogens is 2. The largest absolute Gasteiger partial charge is 0.496 e. The van der Waals surface area contributed by atoms with Crippen molar-refractivity contribution in [3.63, 3.8) is 0 Å². The van der Waals surface area contributed by atoms with Gasteiger partial charge in [-0.05, 0) is 68.4 Å². The number of ether oxygens (including phenoxy) is 2. The molecular formula is C26H31N3O5. The van der Waals surface area contributed by atoms with Crippen LogP contribution in [0.15, 0.2) is 35.3 Å². The van der Waals surface area contributed by atoms with Gasteiger partial charge in [-0.3, -0.25) is 9.69 Å². The van der Waals surface area contributed by atoms with Crippen molar-refractivity contribution in [3.8, 4) is 5.75 Å². The Morgan fingerprint density at radius 2 is 2.06 bits per heavy atom. The number of aromatic carboxylic acids is 1. The molecule has 3 aromatic rings. The molecule has 3 N–H and O–H groups in total. The number of likely N-dealkylation sites (tertiary alicyclic amines) is 1. The molecule has 0 radical (unpaired) electrons. The molecule has 5 rings (SSSR count). The number of aryl methyl sites for hydroxylation is 1. The van der Waals surface area contributed by atoms with Crippen LogP contribution < -0.4 is 10.3 Å². The van der Waals surface area contributed by atoms with Gasteiger partial charge in [-0.15, -0.1) is 0 Å². The lowest BCUT2D eigenvalue weighted by molar-refractivity contribution is -0.0232. The first-order valence-electron chi connectivity index (χ1n) is 11.9. The number of carboxylic acid groups (broad SMARTS) is 1. The molecular weight excluding hydrogens is 434 g/mol. The Morgan fingerprint density at radius 3 is 2.76 bits per heavy atom. The zero-order chi connectivity index (χ0) is 23.8. The van der Waals surface area contributed by atoms with Crippen LogP contribution in [-0.2, 0) is 11.3 Å². The molecule has 2 aliphatic rings. The number of benzene rings is 1. The fourth-order valence-electron chi connectivity index (χ4n) is 5.06. The van der Waals surface area contributed by atoms with Crippen molar-refractivity contribution >= 4 is 16.9 Å². The maximum absolute atomic E-state index is 12.9. The second-order valence-electron chi connectivity index (χ2n) is 9.51. The molecule has 1 aromatic carbocycles. The maximum Gasteiger partial charge on any atom is 0.352 e. The Morgan fingerprint density at radius 1 is 1.24 bits per heavy atom. The first kappa shape index (κ1) is 22.7. The number of nitrogens with one attached hydrogen (secondary N) is 2. The van der Waals surface area contributed by atoms with E-state index in [9.17, 15) is 14.7 Å². The van der Waals surface area contributed by atoms with E-state index in [0.717, 1.165) is 47.4 Å². The molecule has 34 heavy (non-hydrogen) atoms. The van der Waals surface area contributed by atoms with Gasteiger partial charge < -0.3 is 24.5 Å². The van der Waals surface area contributed by atoms with Gasteiger partial charge in [0.25, 0.3) is 5.56 Å². The van der Waals surface area contributed by atoms with Gasteiger partial charge in [-0.2, -0.15) is 0 Å². The van der Waals surface area contributed by atoms with E-state index in [1.54, 1.807) is 13.2 Å². The molecule has 0 bridgehead atoms. The van der Waals surface area contributed by atoms with Crippen molar-refractivity contribution in [2.24, 2.45) is 5.92 Å². The third-order valence-electron chi connectivity index (χ3n) is 7.15. The van der Waals surface area contributed by atoms with E-state index in [0.29, 0.717) is 24.4 Å². The van der Waals surface area contributed by atoms with E-state index in [2.05, 4.69) is 27.9 Å². The lowest BCUT2D eigenvalue weighted by Crippen LogP contribution is -2.41. The monoisotopic (exact) mass is 465 g/mol. The van der Waals surface area contributed by atoms with Crippen molar-refractivity contribution in [1.29, 1.82) is 0 Å². The van der Waals surface area contributed by atoms with Gasteiger partial charge in [0.2, 0.25) is 0 Å². The predicted molar refractivity (Wildman–Crippen MR) is 128 cm³/mol. The highest BCUT2D eigenvalue weighted by molar-refractivity contribution is 5.88. The third kappa shape index (κ3) is 4.48. The molecule has 180 valence electrons. The van der Waals surface area contributed by atoms with Crippen LogP contribution in [0.2, 0.25) is 0 Å². The summed E-state index contributed by atoms with van der Waals surface area (Å²) in [5.41, 5.74) is 3.38.